The van der Waals surface area contributed by atoms with Crippen molar-refractivity contribution in [1.82, 2.24) is 9.71 Å². The van der Waals surface area contributed by atoms with Gasteiger partial charge in [0.15, 0.2) is 0 Å². The van der Waals surface area contributed by atoms with Gasteiger partial charge in [0, 0.05) is 6.04 Å². The minimum absolute atomic E-state index is 0.150. The maximum atomic E-state index is 14.0. The number of nitrogens with one attached hydrogen (secondary N) is 2. The van der Waals surface area contributed by atoms with Crippen molar-refractivity contribution < 1.29 is 22.0 Å². The Hall–Kier alpha value is -2.39. The average molecular weight is 369 g/mol. The summed E-state index contributed by atoms with van der Waals surface area (Å²) in [4.78, 5) is 15.3. The highest BCUT2D eigenvalue weighted by atomic mass is 32.2. The molecule has 1 heterocycles. The van der Waals surface area contributed by atoms with Crippen molar-refractivity contribution in [2.75, 3.05) is 5.32 Å². The number of benzene rings is 1. The van der Waals surface area contributed by atoms with Crippen LogP contribution in [0.25, 0.3) is 0 Å². The molecule has 6 nitrogen and oxygen atoms in total. The Kier molecular flexibility index (Phi) is 5.81. The van der Waals surface area contributed by atoms with E-state index in [1.807, 2.05) is 6.92 Å². The first-order chi connectivity index (χ1) is 11.7. The summed E-state index contributed by atoms with van der Waals surface area (Å²) < 4.78 is 53.7. The number of sulfonamides is 1. The van der Waals surface area contributed by atoms with Crippen LogP contribution < -0.4 is 10.0 Å². The van der Waals surface area contributed by atoms with Crippen molar-refractivity contribution in [3.05, 3.63) is 53.9 Å². The van der Waals surface area contributed by atoms with E-state index in [-0.39, 0.29) is 16.6 Å². The summed E-state index contributed by atoms with van der Waals surface area (Å²) >= 11 is 0. The average Bonchev–Trinajstić information content (AvgIpc) is 2.56. The Bertz CT molecular complexity index is 871. The summed E-state index contributed by atoms with van der Waals surface area (Å²) in [5.41, 5.74) is -0.298. The normalized spacial score (nSPS) is 12.6. The zero-order chi connectivity index (χ0) is 18.6. The topological polar surface area (TPSA) is 88.2 Å². The molecule has 1 aromatic carbocycles. The lowest BCUT2D eigenvalue weighted by Crippen LogP contribution is -2.32. The third-order valence-electron chi connectivity index (χ3n) is 3.45. The van der Waals surface area contributed by atoms with Gasteiger partial charge in [0.1, 0.15) is 5.82 Å². The van der Waals surface area contributed by atoms with Crippen LogP contribution in [-0.2, 0) is 10.0 Å². The number of nitrogens with zero attached hydrogens (tertiary/aromatic N) is 1. The molecule has 0 aliphatic rings. The van der Waals surface area contributed by atoms with Crippen LogP contribution in [0, 0.1) is 11.8 Å². The Morgan fingerprint density at radius 2 is 1.96 bits per heavy atom. The molecule has 2 aromatic rings. The summed E-state index contributed by atoms with van der Waals surface area (Å²) in [6.07, 6.45) is 1.64. The second kappa shape index (κ2) is 7.66. The number of carbonyl (C=O) groups excluding carboxylic acids is 1. The van der Waals surface area contributed by atoms with Gasteiger partial charge >= 0.3 is 0 Å². The molecule has 0 fully saturated rings. The van der Waals surface area contributed by atoms with E-state index in [0.717, 1.165) is 30.5 Å². The maximum Gasteiger partial charge on any atom is 0.258 e. The summed E-state index contributed by atoms with van der Waals surface area (Å²) in [5, 5.41) is 2.33. The third kappa shape index (κ3) is 4.80. The maximum absolute atomic E-state index is 14.0. The van der Waals surface area contributed by atoms with Gasteiger partial charge in [-0.3, -0.25) is 4.79 Å². The van der Waals surface area contributed by atoms with E-state index in [0.29, 0.717) is 6.42 Å². The molecule has 0 aliphatic carbocycles. The number of anilines is 1. The number of hydrogen-bond acceptors (Lipinski definition) is 4. The van der Waals surface area contributed by atoms with Crippen molar-refractivity contribution in [1.29, 1.82) is 0 Å². The summed E-state index contributed by atoms with van der Waals surface area (Å²) in [6, 6.07) is 4.91. The van der Waals surface area contributed by atoms with E-state index >= 15 is 0 Å². The summed E-state index contributed by atoms with van der Waals surface area (Å²) in [6.45, 7) is 3.50. The molecule has 0 bridgehead atoms. The lowest BCUT2D eigenvalue weighted by molar-refractivity contribution is 0.102. The lowest BCUT2D eigenvalue weighted by Gasteiger charge is -2.13. The first kappa shape index (κ1) is 18.9. The van der Waals surface area contributed by atoms with Crippen LogP contribution in [0.15, 0.2) is 41.4 Å². The lowest BCUT2D eigenvalue weighted by atomic mass is 10.2. The molecule has 2 N–H and O–H groups in total. The monoisotopic (exact) mass is 369 g/mol. The fourth-order valence-electron chi connectivity index (χ4n) is 1.91. The molecule has 9 heteroatoms. The van der Waals surface area contributed by atoms with Crippen LogP contribution in [0.4, 0.5) is 14.5 Å². The van der Waals surface area contributed by atoms with Crippen molar-refractivity contribution in [2.45, 2.75) is 31.2 Å². The van der Waals surface area contributed by atoms with Gasteiger partial charge in [0.2, 0.25) is 16.0 Å². The predicted octanol–water partition coefficient (Wildman–Crippen LogP) is 2.69. The highest BCUT2D eigenvalue weighted by Gasteiger charge is 2.21. The molecular weight excluding hydrogens is 352 g/mol. The molecule has 1 aromatic heterocycles. The van der Waals surface area contributed by atoms with Gasteiger partial charge in [-0.1, -0.05) is 6.92 Å². The Balaban J connectivity index is 2.29. The molecule has 1 amide bonds. The number of rotatable bonds is 6. The quantitative estimate of drug-likeness (QED) is 0.767. The molecule has 1 atom stereocenters. The van der Waals surface area contributed by atoms with Crippen molar-refractivity contribution in [2.24, 2.45) is 0 Å². The van der Waals surface area contributed by atoms with Gasteiger partial charge in [-0.2, -0.15) is 4.39 Å². The van der Waals surface area contributed by atoms with Crippen LogP contribution >= 0.6 is 0 Å². The Labute approximate surface area is 144 Å². The molecule has 134 valence electrons. The van der Waals surface area contributed by atoms with Gasteiger partial charge in [-0.25, -0.2) is 22.5 Å². The number of pyridine rings is 1. The fraction of sp³-hybridized carbons (Fsp3) is 0.250. The second-order valence-electron chi connectivity index (χ2n) is 5.40. The van der Waals surface area contributed by atoms with Gasteiger partial charge in [-0.05, 0) is 43.7 Å². The van der Waals surface area contributed by atoms with Crippen molar-refractivity contribution in [3.63, 3.8) is 0 Å². The minimum atomic E-state index is -3.88. The number of aromatic nitrogens is 1. The summed E-state index contributed by atoms with van der Waals surface area (Å²) in [7, 11) is -3.88. The number of hydrogen-bond donors (Lipinski definition) is 2. The highest BCUT2D eigenvalue weighted by Crippen LogP contribution is 2.17. The van der Waals surface area contributed by atoms with Gasteiger partial charge in [0.05, 0.1) is 22.3 Å². The number of amides is 1. The van der Waals surface area contributed by atoms with E-state index in [4.69, 9.17) is 0 Å². The molecule has 25 heavy (non-hydrogen) atoms. The van der Waals surface area contributed by atoms with E-state index in [9.17, 15) is 22.0 Å². The van der Waals surface area contributed by atoms with Crippen LogP contribution in [-0.4, -0.2) is 25.4 Å². The Morgan fingerprint density at radius 3 is 2.56 bits per heavy atom. The minimum Gasteiger partial charge on any atom is -0.320 e. The SMILES string of the molecule is CCC(C)NS(=O)(=O)c1ccc(F)c(C(=O)Nc2ccc(F)nc2)c1. The first-order valence-electron chi connectivity index (χ1n) is 7.47. The molecule has 2 rings (SSSR count). The zero-order valence-corrected chi connectivity index (χ0v) is 14.4. The fourth-order valence-corrected chi connectivity index (χ4v) is 3.26. The molecule has 0 spiro atoms. The van der Waals surface area contributed by atoms with Crippen LogP contribution in [0.1, 0.15) is 30.6 Å². The Morgan fingerprint density at radius 1 is 1.24 bits per heavy atom. The van der Waals surface area contributed by atoms with Crippen molar-refractivity contribution >= 4 is 21.6 Å². The van der Waals surface area contributed by atoms with E-state index in [1.54, 1.807) is 6.92 Å². The molecule has 0 radical (unpaired) electrons. The molecule has 0 saturated carbocycles. The van der Waals surface area contributed by atoms with Crippen molar-refractivity contribution in [3.8, 4) is 0 Å². The zero-order valence-electron chi connectivity index (χ0n) is 13.6. The molecular formula is C16H17F2N3O3S. The summed E-state index contributed by atoms with van der Waals surface area (Å²) in [5.74, 6) is -2.48. The first-order valence-corrected chi connectivity index (χ1v) is 8.96. The largest absolute Gasteiger partial charge is 0.320 e. The van der Waals surface area contributed by atoms with Gasteiger partial charge in [0.25, 0.3) is 5.91 Å². The highest BCUT2D eigenvalue weighted by molar-refractivity contribution is 7.89. The van der Waals surface area contributed by atoms with Crippen LogP contribution in [0.2, 0.25) is 0 Å². The molecule has 0 aliphatic heterocycles. The van der Waals surface area contributed by atoms with Gasteiger partial charge in [-0.15, -0.1) is 0 Å². The van der Waals surface area contributed by atoms with Crippen LogP contribution in [0.3, 0.4) is 0 Å². The standard InChI is InChI=1S/C16H17F2N3O3S/c1-3-10(2)21-25(23,24)12-5-6-14(17)13(8-12)16(22)20-11-4-7-15(18)19-9-11/h4-10,21H,3H2,1-2H3,(H,20,22). The van der Waals surface area contributed by atoms with E-state index in [2.05, 4.69) is 15.0 Å². The third-order valence-corrected chi connectivity index (χ3v) is 5.03. The van der Waals surface area contributed by atoms with Gasteiger partial charge < -0.3 is 5.32 Å². The smallest absolute Gasteiger partial charge is 0.258 e. The van der Waals surface area contributed by atoms with E-state index in [1.165, 1.54) is 6.07 Å². The number of carbonyl (C=O) groups is 1. The number of halogens is 2. The molecule has 1 unspecified atom stereocenters. The van der Waals surface area contributed by atoms with E-state index < -0.39 is 33.3 Å². The predicted molar refractivity (Wildman–Crippen MR) is 88.6 cm³/mol. The second-order valence-corrected chi connectivity index (χ2v) is 7.11. The molecule has 0 saturated heterocycles. The van der Waals surface area contributed by atoms with Crippen LogP contribution in [0.5, 0.6) is 0 Å².